The van der Waals surface area contributed by atoms with Crippen LogP contribution in [0.3, 0.4) is 0 Å². The Balaban J connectivity index is 1.90. The zero-order chi connectivity index (χ0) is 13.7. The van der Waals surface area contributed by atoms with Crippen molar-refractivity contribution in [1.82, 2.24) is 10.2 Å². The van der Waals surface area contributed by atoms with Crippen LogP contribution in [0, 0.1) is 11.8 Å². The number of hydrogen-bond acceptors (Lipinski definition) is 2. The van der Waals surface area contributed by atoms with Gasteiger partial charge in [0.1, 0.15) is 0 Å². The Labute approximate surface area is 118 Å². The minimum Gasteiger partial charge on any atom is -0.340 e. The lowest BCUT2D eigenvalue weighted by molar-refractivity contribution is -0.137. The van der Waals surface area contributed by atoms with Crippen LogP contribution in [0.1, 0.15) is 58.8 Å². The van der Waals surface area contributed by atoms with E-state index >= 15 is 0 Å². The van der Waals surface area contributed by atoms with Crippen LogP contribution < -0.4 is 5.32 Å². The molecule has 0 aromatic carbocycles. The molecule has 3 heteroatoms. The quantitative estimate of drug-likeness (QED) is 0.830. The van der Waals surface area contributed by atoms with Gasteiger partial charge in [-0.1, -0.05) is 39.0 Å². The van der Waals surface area contributed by atoms with Gasteiger partial charge in [-0.05, 0) is 25.7 Å². The van der Waals surface area contributed by atoms with Crippen molar-refractivity contribution in [1.29, 1.82) is 0 Å². The summed E-state index contributed by atoms with van der Waals surface area (Å²) in [5.74, 6) is 1.54. The predicted molar refractivity (Wildman–Crippen MR) is 79.0 cm³/mol. The average Bonchev–Trinajstić information content (AvgIpc) is 2.90. The van der Waals surface area contributed by atoms with Gasteiger partial charge in [0, 0.05) is 31.6 Å². The summed E-state index contributed by atoms with van der Waals surface area (Å²) in [7, 11) is 0. The average molecular weight is 266 g/mol. The zero-order valence-corrected chi connectivity index (χ0v) is 12.7. The molecule has 2 aliphatic rings. The van der Waals surface area contributed by atoms with E-state index in [1.807, 2.05) is 0 Å². The molecule has 0 radical (unpaired) electrons. The molecule has 110 valence electrons. The summed E-state index contributed by atoms with van der Waals surface area (Å²) in [6, 6.07) is 0.450. The van der Waals surface area contributed by atoms with Gasteiger partial charge in [0.2, 0.25) is 5.91 Å². The topological polar surface area (TPSA) is 32.3 Å². The highest BCUT2D eigenvalue weighted by Gasteiger charge is 2.29. The van der Waals surface area contributed by atoms with Crippen molar-refractivity contribution in [3.8, 4) is 0 Å². The number of nitrogens with one attached hydrogen (secondary N) is 1. The van der Waals surface area contributed by atoms with Gasteiger partial charge in [0.05, 0.1) is 0 Å². The van der Waals surface area contributed by atoms with Crippen LogP contribution in [0.5, 0.6) is 0 Å². The van der Waals surface area contributed by atoms with E-state index in [1.165, 1.54) is 25.7 Å². The standard InChI is InChI=1S/C16H30N2O/c1-3-6-15(11-14-7-4-5-8-14)16(19)18-10-9-17-13(2)12-18/h13-15,17H,3-12H2,1-2H3. The van der Waals surface area contributed by atoms with Crippen LogP contribution in [0.15, 0.2) is 0 Å². The Hall–Kier alpha value is -0.570. The largest absolute Gasteiger partial charge is 0.340 e. The first-order valence-electron chi connectivity index (χ1n) is 8.23. The molecule has 19 heavy (non-hydrogen) atoms. The van der Waals surface area contributed by atoms with Gasteiger partial charge in [0.25, 0.3) is 0 Å². The van der Waals surface area contributed by atoms with Crippen molar-refractivity contribution in [3.05, 3.63) is 0 Å². The van der Waals surface area contributed by atoms with Crippen LogP contribution in [0.4, 0.5) is 0 Å². The molecule has 1 aliphatic carbocycles. The zero-order valence-electron chi connectivity index (χ0n) is 12.7. The summed E-state index contributed by atoms with van der Waals surface area (Å²) < 4.78 is 0. The Bertz CT molecular complexity index is 286. The second-order valence-electron chi connectivity index (χ2n) is 6.51. The number of carbonyl (C=O) groups is 1. The molecule has 0 aromatic heterocycles. The third kappa shape index (κ3) is 4.20. The van der Waals surface area contributed by atoms with Crippen LogP contribution in [-0.4, -0.2) is 36.5 Å². The molecule has 2 atom stereocenters. The summed E-state index contributed by atoms with van der Waals surface area (Å²) in [6.45, 7) is 7.12. The lowest BCUT2D eigenvalue weighted by Crippen LogP contribution is -2.52. The normalized spacial score (nSPS) is 26.6. The Morgan fingerprint density at radius 1 is 1.37 bits per heavy atom. The minimum atomic E-state index is 0.290. The smallest absolute Gasteiger partial charge is 0.225 e. The highest BCUT2D eigenvalue weighted by Crippen LogP contribution is 2.32. The number of piperazine rings is 1. The van der Waals surface area contributed by atoms with Gasteiger partial charge in [-0.2, -0.15) is 0 Å². The molecular weight excluding hydrogens is 236 g/mol. The maximum Gasteiger partial charge on any atom is 0.225 e. The van der Waals surface area contributed by atoms with Crippen molar-refractivity contribution < 1.29 is 4.79 Å². The van der Waals surface area contributed by atoms with E-state index < -0.39 is 0 Å². The van der Waals surface area contributed by atoms with Crippen molar-refractivity contribution >= 4 is 5.91 Å². The van der Waals surface area contributed by atoms with Gasteiger partial charge in [-0.15, -0.1) is 0 Å². The molecule has 1 heterocycles. The Kier molecular flexibility index (Phi) is 5.68. The first-order chi connectivity index (χ1) is 9.20. The van der Waals surface area contributed by atoms with E-state index in [9.17, 15) is 4.79 Å². The molecule has 2 fully saturated rings. The molecule has 1 saturated carbocycles. The second-order valence-corrected chi connectivity index (χ2v) is 6.51. The highest BCUT2D eigenvalue weighted by atomic mass is 16.2. The fourth-order valence-electron chi connectivity index (χ4n) is 3.73. The molecule has 1 aliphatic heterocycles. The number of amides is 1. The lowest BCUT2D eigenvalue weighted by Gasteiger charge is -2.35. The number of hydrogen-bond donors (Lipinski definition) is 1. The Morgan fingerprint density at radius 2 is 2.11 bits per heavy atom. The SMILES string of the molecule is CCCC(CC1CCCC1)C(=O)N1CCNC(C)C1. The summed E-state index contributed by atoms with van der Waals surface area (Å²) in [6.07, 6.45) is 8.81. The summed E-state index contributed by atoms with van der Waals surface area (Å²) in [5, 5.41) is 3.42. The summed E-state index contributed by atoms with van der Waals surface area (Å²) in [4.78, 5) is 14.8. The molecule has 3 nitrogen and oxygen atoms in total. The maximum absolute atomic E-state index is 12.7. The van der Waals surface area contributed by atoms with Gasteiger partial charge in [-0.3, -0.25) is 4.79 Å². The fraction of sp³-hybridized carbons (Fsp3) is 0.938. The van der Waals surface area contributed by atoms with Crippen LogP contribution >= 0.6 is 0 Å². The lowest BCUT2D eigenvalue weighted by atomic mass is 9.89. The summed E-state index contributed by atoms with van der Waals surface area (Å²) >= 11 is 0. The van der Waals surface area contributed by atoms with Crippen LogP contribution in [-0.2, 0) is 4.79 Å². The van der Waals surface area contributed by atoms with Crippen molar-refractivity contribution in [2.24, 2.45) is 11.8 Å². The van der Waals surface area contributed by atoms with E-state index in [2.05, 4.69) is 24.1 Å². The Morgan fingerprint density at radius 3 is 2.74 bits per heavy atom. The molecule has 0 bridgehead atoms. The van der Waals surface area contributed by atoms with Crippen molar-refractivity contribution in [3.63, 3.8) is 0 Å². The predicted octanol–water partition coefficient (Wildman–Crippen LogP) is 2.80. The van der Waals surface area contributed by atoms with Crippen LogP contribution in [0.2, 0.25) is 0 Å². The van der Waals surface area contributed by atoms with E-state index in [0.717, 1.165) is 44.8 Å². The first-order valence-corrected chi connectivity index (χ1v) is 8.23. The summed E-state index contributed by atoms with van der Waals surface area (Å²) in [5.41, 5.74) is 0. The molecular formula is C16H30N2O. The van der Waals surface area contributed by atoms with Crippen LogP contribution in [0.25, 0.3) is 0 Å². The monoisotopic (exact) mass is 266 g/mol. The number of rotatable bonds is 5. The molecule has 1 amide bonds. The molecule has 0 aromatic rings. The van der Waals surface area contributed by atoms with Gasteiger partial charge < -0.3 is 10.2 Å². The molecule has 2 unspecified atom stereocenters. The first kappa shape index (κ1) is 14.8. The van der Waals surface area contributed by atoms with Gasteiger partial charge in [-0.25, -0.2) is 0 Å². The van der Waals surface area contributed by atoms with E-state index in [1.54, 1.807) is 0 Å². The van der Waals surface area contributed by atoms with Gasteiger partial charge in [0.15, 0.2) is 0 Å². The molecule has 2 rings (SSSR count). The van der Waals surface area contributed by atoms with E-state index in [4.69, 9.17) is 0 Å². The minimum absolute atomic E-state index is 0.290. The number of carbonyl (C=O) groups excluding carboxylic acids is 1. The maximum atomic E-state index is 12.7. The van der Waals surface area contributed by atoms with Crippen molar-refractivity contribution in [2.45, 2.75) is 64.8 Å². The van der Waals surface area contributed by atoms with Gasteiger partial charge >= 0.3 is 0 Å². The third-order valence-corrected chi connectivity index (χ3v) is 4.76. The van der Waals surface area contributed by atoms with Crippen molar-refractivity contribution in [2.75, 3.05) is 19.6 Å². The fourth-order valence-corrected chi connectivity index (χ4v) is 3.73. The highest BCUT2D eigenvalue weighted by molar-refractivity contribution is 5.79. The third-order valence-electron chi connectivity index (χ3n) is 4.76. The molecule has 1 N–H and O–H groups in total. The van der Waals surface area contributed by atoms with E-state index in [0.29, 0.717) is 17.9 Å². The van der Waals surface area contributed by atoms with E-state index in [-0.39, 0.29) is 0 Å². The second kappa shape index (κ2) is 7.28. The number of nitrogens with zero attached hydrogens (tertiary/aromatic N) is 1. The molecule has 1 saturated heterocycles. The molecule has 0 spiro atoms.